The molecule has 0 aromatic heterocycles. The molecule has 1 saturated carbocycles. The molecule has 1 aromatic carbocycles. The molecule has 0 saturated heterocycles. The molecular weight excluding hydrogens is 245 g/mol. The Hall–Kier alpha value is -1.62. The van der Waals surface area contributed by atoms with Crippen LogP contribution in [0.1, 0.15) is 36.8 Å². The van der Waals surface area contributed by atoms with Crippen LogP contribution >= 0.6 is 0 Å². The number of hydrogen-bond acceptors (Lipinski definition) is 2. The van der Waals surface area contributed by atoms with E-state index in [1.807, 2.05) is 0 Å². The number of hydrogen-bond donors (Lipinski definition) is 3. The second-order valence-corrected chi connectivity index (χ2v) is 4.94. The van der Waals surface area contributed by atoms with Crippen LogP contribution in [0, 0.1) is 5.82 Å². The van der Waals surface area contributed by atoms with Crippen molar-refractivity contribution in [1.82, 2.24) is 10.6 Å². The van der Waals surface area contributed by atoms with Gasteiger partial charge in [0.05, 0.1) is 0 Å². The first-order chi connectivity index (χ1) is 9.19. The Morgan fingerprint density at radius 2 is 2.11 bits per heavy atom. The molecule has 104 valence electrons. The summed E-state index contributed by atoms with van der Waals surface area (Å²) in [5.74, 6) is -0.330. The highest BCUT2D eigenvalue weighted by Crippen LogP contribution is 2.17. The molecule has 5 heteroatoms. The van der Waals surface area contributed by atoms with Gasteiger partial charge in [-0.1, -0.05) is 25.0 Å². The van der Waals surface area contributed by atoms with E-state index in [-0.39, 0.29) is 24.4 Å². The van der Waals surface area contributed by atoms with Gasteiger partial charge >= 0.3 is 6.03 Å². The zero-order valence-electron chi connectivity index (χ0n) is 10.9. The summed E-state index contributed by atoms with van der Waals surface area (Å²) in [6.45, 7) is 0.502. The minimum Gasteiger partial charge on any atom is -0.335 e. The SMILES string of the molecule is NCc1ccc(CNC(=O)NC2CCCC2)c(F)c1. The Morgan fingerprint density at radius 1 is 1.37 bits per heavy atom. The zero-order chi connectivity index (χ0) is 13.7. The smallest absolute Gasteiger partial charge is 0.315 e. The molecule has 2 amide bonds. The first-order valence-corrected chi connectivity index (χ1v) is 6.71. The van der Waals surface area contributed by atoms with Crippen LogP contribution in [-0.4, -0.2) is 12.1 Å². The van der Waals surface area contributed by atoms with Gasteiger partial charge in [-0.2, -0.15) is 0 Å². The van der Waals surface area contributed by atoms with Gasteiger partial charge in [-0.3, -0.25) is 0 Å². The maximum atomic E-state index is 13.7. The molecule has 0 unspecified atom stereocenters. The number of urea groups is 1. The number of carbonyl (C=O) groups excluding carboxylic acids is 1. The normalized spacial score (nSPS) is 15.5. The number of halogens is 1. The van der Waals surface area contributed by atoms with Gasteiger partial charge in [0, 0.05) is 24.7 Å². The van der Waals surface area contributed by atoms with Crippen molar-refractivity contribution in [2.24, 2.45) is 5.73 Å². The highest BCUT2D eigenvalue weighted by Gasteiger charge is 2.16. The third-order valence-electron chi connectivity index (χ3n) is 3.48. The number of amides is 2. The fraction of sp³-hybridized carbons (Fsp3) is 0.500. The summed E-state index contributed by atoms with van der Waals surface area (Å²) < 4.78 is 13.7. The van der Waals surface area contributed by atoms with Crippen LogP contribution in [0.4, 0.5) is 9.18 Å². The Morgan fingerprint density at radius 3 is 2.74 bits per heavy atom. The van der Waals surface area contributed by atoms with E-state index in [0.29, 0.717) is 12.1 Å². The van der Waals surface area contributed by atoms with Gasteiger partial charge in [0.2, 0.25) is 0 Å². The van der Waals surface area contributed by atoms with E-state index >= 15 is 0 Å². The van der Waals surface area contributed by atoms with E-state index < -0.39 is 0 Å². The minimum absolute atomic E-state index is 0.190. The molecule has 1 aliphatic rings. The van der Waals surface area contributed by atoms with Gasteiger partial charge in [-0.25, -0.2) is 9.18 Å². The lowest BCUT2D eigenvalue weighted by Gasteiger charge is -2.13. The van der Waals surface area contributed by atoms with Crippen LogP contribution in [0.3, 0.4) is 0 Å². The molecule has 1 aromatic rings. The van der Waals surface area contributed by atoms with Crippen molar-refractivity contribution in [3.63, 3.8) is 0 Å². The Kier molecular flexibility index (Phi) is 4.74. The molecule has 2 rings (SSSR count). The monoisotopic (exact) mass is 265 g/mol. The predicted molar refractivity (Wildman–Crippen MR) is 71.9 cm³/mol. The van der Waals surface area contributed by atoms with Crippen molar-refractivity contribution >= 4 is 6.03 Å². The maximum absolute atomic E-state index is 13.7. The molecule has 0 atom stereocenters. The van der Waals surface area contributed by atoms with E-state index in [2.05, 4.69) is 10.6 Å². The van der Waals surface area contributed by atoms with E-state index in [0.717, 1.165) is 18.4 Å². The summed E-state index contributed by atoms with van der Waals surface area (Å²) in [6, 6.07) is 4.88. The van der Waals surface area contributed by atoms with Crippen molar-refractivity contribution in [3.8, 4) is 0 Å². The zero-order valence-corrected chi connectivity index (χ0v) is 10.9. The first-order valence-electron chi connectivity index (χ1n) is 6.71. The quantitative estimate of drug-likeness (QED) is 0.779. The second-order valence-electron chi connectivity index (χ2n) is 4.94. The standard InChI is InChI=1S/C14H20FN3O/c15-13-7-10(8-16)5-6-11(13)9-17-14(19)18-12-3-1-2-4-12/h5-7,12H,1-4,8-9,16H2,(H2,17,18,19). The van der Waals surface area contributed by atoms with E-state index in [1.54, 1.807) is 12.1 Å². The molecule has 0 bridgehead atoms. The minimum atomic E-state index is -0.330. The van der Waals surface area contributed by atoms with Crippen LogP contribution in [0.2, 0.25) is 0 Å². The second kappa shape index (κ2) is 6.52. The third kappa shape index (κ3) is 3.92. The highest BCUT2D eigenvalue weighted by molar-refractivity contribution is 5.74. The predicted octanol–water partition coefficient (Wildman–Crippen LogP) is 2.03. The third-order valence-corrected chi connectivity index (χ3v) is 3.48. The Bertz CT molecular complexity index is 444. The fourth-order valence-electron chi connectivity index (χ4n) is 2.34. The lowest BCUT2D eigenvalue weighted by molar-refractivity contribution is 0.236. The summed E-state index contributed by atoms with van der Waals surface area (Å²) in [5, 5.41) is 5.58. The highest BCUT2D eigenvalue weighted by atomic mass is 19.1. The lowest BCUT2D eigenvalue weighted by Crippen LogP contribution is -2.40. The van der Waals surface area contributed by atoms with Crippen molar-refractivity contribution in [2.75, 3.05) is 0 Å². The van der Waals surface area contributed by atoms with Crippen LogP contribution in [0.25, 0.3) is 0 Å². The maximum Gasteiger partial charge on any atom is 0.315 e. The Balaban J connectivity index is 1.82. The number of carbonyl (C=O) groups is 1. The molecule has 0 radical (unpaired) electrons. The molecule has 19 heavy (non-hydrogen) atoms. The topological polar surface area (TPSA) is 67.1 Å². The van der Waals surface area contributed by atoms with Crippen molar-refractivity contribution in [1.29, 1.82) is 0 Å². The van der Waals surface area contributed by atoms with Gasteiger partial charge in [0.1, 0.15) is 5.82 Å². The molecule has 1 fully saturated rings. The van der Waals surface area contributed by atoms with Crippen LogP contribution in [-0.2, 0) is 13.1 Å². The molecule has 0 heterocycles. The average molecular weight is 265 g/mol. The van der Waals surface area contributed by atoms with Gasteiger partial charge in [-0.05, 0) is 24.5 Å². The summed E-state index contributed by atoms with van der Waals surface area (Å²) >= 11 is 0. The van der Waals surface area contributed by atoms with Gasteiger partial charge in [0.25, 0.3) is 0 Å². The summed E-state index contributed by atoms with van der Waals surface area (Å²) in [7, 11) is 0. The van der Waals surface area contributed by atoms with Gasteiger partial charge in [0.15, 0.2) is 0 Å². The molecule has 1 aliphatic carbocycles. The first kappa shape index (κ1) is 13.8. The van der Waals surface area contributed by atoms with Crippen LogP contribution in [0.5, 0.6) is 0 Å². The lowest BCUT2D eigenvalue weighted by atomic mass is 10.1. The van der Waals surface area contributed by atoms with Crippen LogP contribution in [0.15, 0.2) is 18.2 Å². The number of nitrogens with one attached hydrogen (secondary N) is 2. The van der Waals surface area contributed by atoms with Crippen molar-refractivity contribution < 1.29 is 9.18 Å². The molecule has 0 spiro atoms. The van der Waals surface area contributed by atoms with E-state index in [9.17, 15) is 9.18 Å². The average Bonchev–Trinajstić information content (AvgIpc) is 2.90. The van der Waals surface area contributed by atoms with E-state index in [4.69, 9.17) is 5.73 Å². The van der Waals surface area contributed by atoms with Gasteiger partial charge in [-0.15, -0.1) is 0 Å². The molecule has 0 aliphatic heterocycles. The number of rotatable bonds is 4. The molecule has 4 nitrogen and oxygen atoms in total. The van der Waals surface area contributed by atoms with Crippen molar-refractivity contribution in [3.05, 3.63) is 35.1 Å². The molecule has 4 N–H and O–H groups in total. The molecular formula is C14H20FN3O. The Labute approximate surface area is 112 Å². The summed E-state index contributed by atoms with van der Waals surface area (Å²) in [5.41, 5.74) is 6.65. The summed E-state index contributed by atoms with van der Waals surface area (Å²) in [6.07, 6.45) is 4.40. The summed E-state index contributed by atoms with van der Waals surface area (Å²) in [4.78, 5) is 11.6. The van der Waals surface area contributed by atoms with E-state index in [1.165, 1.54) is 18.9 Å². The number of nitrogens with two attached hydrogens (primary N) is 1. The van der Waals surface area contributed by atoms with Crippen LogP contribution < -0.4 is 16.4 Å². The van der Waals surface area contributed by atoms with Crippen molar-refractivity contribution in [2.45, 2.75) is 44.8 Å². The largest absolute Gasteiger partial charge is 0.335 e. The number of benzene rings is 1. The fourth-order valence-corrected chi connectivity index (χ4v) is 2.34. The van der Waals surface area contributed by atoms with Gasteiger partial charge < -0.3 is 16.4 Å².